The van der Waals surface area contributed by atoms with Gasteiger partial charge in [0.15, 0.2) is 5.82 Å². The van der Waals surface area contributed by atoms with Crippen molar-refractivity contribution in [2.75, 3.05) is 5.32 Å². The van der Waals surface area contributed by atoms with Crippen molar-refractivity contribution in [3.63, 3.8) is 0 Å². The average Bonchev–Trinajstić information content (AvgIpc) is 3.27. The Morgan fingerprint density at radius 3 is 2.65 bits per heavy atom. The lowest BCUT2D eigenvalue weighted by Crippen LogP contribution is -2.05. The first-order valence-electron chi connectivity index (χ1n) is 10.0. The molecule has 0 aliphatic rings. The molecule has 0 bridgehead atoms. The minimum Gasteiger partial charge on any atom is -0.457 e. The van der Waals surface area contributed by atoms with E-state index in [1.165, 1.54) is 12.1 Å². The molecule has 2 N–H and O–H groups in total. The molecule has 10 heteroatoms. The number of hydrogen-bond acceptors (Lipinski definition) is 5. The Hall–Kier alpha value is -4.11. The summed E-state index contributed by atoms with van der Waals surface area (Å²) in [5, 5.41) is 11.0. The molecule has 0 unspecified atom stereocenters. The van der Waals surface area contributed by atoms with Gasteiger partial charge in [0.25, 0.3) is 0 Å². The lowest BCUT2D eigenvalue weighted by Gasteiger charge is -2.09. The van der Waals surface area contributed by atoms with E-state index in [9.17, 15) is 13.2 Å². The normalized spacial score (nSPS) is 11.5. The van der Waals surface area contributed by atoms with Crippen LogP contribution in [0.5, 0.6) is 11.5 Å². The van der Waals surface area contributed by atoms with Crippen LogP contribution in [0.1, 0.15) is 5.56 Å². The highest BCUT2D eigenvalue weighted by molar-refractivity contribution is 6.31. The number of nitrogens with zero attached hydrogens (tertiary/aromatic N) is 3. The molecule has 0 amide bonds. The maximum absolute atomic E-state index is 12.9. The third-order valence-electron chi connectivity index (χ3n) is 4.93. The van der Waals surface area contributed by atoms with Crippen molar-refractivity contribution < 1.29 is 17.9 Å². The summed E-state index contributed by atoms with van der Waals surface area (Å²) >= 11 is 6.05. The number of halogens is 4. The maximum Gasteiger partial charge on any atom is 0.416 e. The lowest BCUT2D eigenvalue weighted by atomic mass is 10.2. The number of benzene rings is 3. The van der Waals surface area contributed by atoms with Gasteiger partial charge >= 0.3 is 6.18 Å². The van der Waals surface area contributed by atoms with Crippen LogP contribution < -0.4 is 10.1 Å². The molecule has 5 rings (SSSR count). The first-order valence-corrected chi connectivity index (χ1v) is 10.4. The molecule has 0 atom stereocenters. The second-order valence-corrected chi connectivity index (χ2v) is 7.75. The molecule has 0 aliphatic carbocycles. The first kappa shape index (κ1) is 21.7. The molecule has 0 saturated carbocycles. The summed E-state index contributed by atoms with van der Waals surface area (Å²) in [5.41, 5.74) is 0.858. The van der Waals surface area contributed by atoms with Crippen LogP contribution in [0.3, 0.4) is 0 Å². The van der Waals surface area contributed by atoms with E-state index in [-0.39, 0.29) is 11.6 Å². The summed E-state index contributed by atoms with van der Waals surface area (Å²) in [4.78, 5) is 8.64. The van der Waals surface area contributed by atoms with Crippen molar-refractivity contribution in [3.8, 4) is 22.9 Å². The number of rotatable bonds is 5. The smallest absolute Gasteiger partial charge is 0.416 e. The Bertz CT molecular complexity index is 1490. The van der Waals surface area contributed by atoms with E-state index in [2.05, 4.69) is 25.5 Å². The molecule has 170 valence electrons. The molecule has 3 aromatic carbocycles. The Morgan fingerprint density at radius 2 is 1.79 bits per heavy atom. The predicted octanol–water partition coefficient (Wildman–Crippen LogP) is 7.23. The number of nitrogens with one attached hydrogen (secondary N) is 2. The van der Waals surface area contributed by atoms with Gasteiger partial charge in [-0.25, -0.2) is 0 Å². The van der Waals surface area contributed by atoms with E-state index in [1.807, 2.05) is 12.1 Å². The number of aromatic nitrogens is 4. The van der Waals surface area contributed by atoms with Gasteiger partial charge in [-0.15, -0.1) is 5.10 Å². The Kier molecular flexibility index (Phi) is 5.54. The van der Waals surface area contributed by atoms with E-state index in [1.54, 1.807) is 42.6 Å². The zero-order valence-electron chi connectivity index (χ0n) is 17.3. The molecule has 5 aromatic rings. The van der Waals surface area contributed by atoms with Crippen LogP contribution >= 0.6 is 11.6 Å². The molecule has 34 heavy (non-hydrogen) atoms. The number of H-pyrrole nitrogens is 1. The molecule has 0 saturated heterocycles. The van der Waals surface area contributed by atoms with E-state index < -0.39 is 11.7 Å². The van der Waals surface area contributed by atoms with Crippen LogP contribution in [0, 0.1) is 0 Å². The molecule has 0 aliphatic heterocycles. The van der Waals surface area contributed by atoms with Crippen molar-refractivity contribution in [3.05, 3.63) is 89.6 Å². The van der Waals surface area contributed by atoms with E-state index >= 15 is 0 Å². The monoisotopic (exact) mass is 481 g/mol. The van der Waals surface area contributed by atoms with Crippen LogP contribution in [-0.2, 0) is 6.18 Å². The predicted molar refractivity (Wildman–Crippen MR) is 123 cm³/mol. The number of alkyl halides is 3. The molecule has 0 radical (unpaired) electrons. The van der Waals surface area contributed by atoms with Crippen molar-refractivity contribution in [2.24, 2.45) is 0 Å². The van der Waals surface area contributed by atoms with Gasteiger partial charge in [-0.1, -0.05) is 29.8 Å². The number of hydrogen-bond donors (Lipinski definition) is 2. The van der Waals surface area contributed by atoms with Gasteiger partial charge in [0, 0.05) is 27.9 Å². The Labute approximate surface area is 196 Å². The second-order valence-electron chi connectivity index (χ2n) is 7.31. The number of fused-ring (bicyclic) bond motifs is 1. The largest absolute Gasteiger partial charge is 0.457 e. The number of ether oxygens (including phenoxy) is 1. The second kappa shape index (κ2) is 8.68. The Morgan fingerprint density at radius 1 is 0.941 bits per heavy atom. The molecule has 2 aromatic heterocycles. The zero-order chi connectivity index (χ0) is 23.7. The molecular formula is C24H15ClF3N5O. The minimum absolute atomic E-state index is 0.137. The molecule has 2 heterocycles. The SMILES string of the molecule is FC(F)(F)c1cccc(Nc2n[nH]c(-c3cccc(Oc4ccnc5cc(Cl)ccc45)c3)n2)c1. The van der Waals surface area contributed by atoms with Crippen molar-refractivity contribution in [1.82, 2.24) is 20.2 Å². The summed E-state index contributed by atoms with van der Waals surface area (Å²) in [7, 11) is 0. The summed E-state index contributed by atoms with van der Waals surface area (Å²) < 4.78 is 44.9. The fourth-order valence-electron chi connectivity index (χ4n) is 3.37. The number of anilines is 2. The number of aromatic amines is 1. The van der Waals surface area contributed by atoms with Gasteiger partial charge in [-0.3, -0.25) is 10.1 Å². The fourth-order valence-corrected chi connectivity index (χ4v) is 3.53. The highest BCUT2D eigenvalue weighted by Gasteiger charge is 2.30. The maximum atomic E-state index is 12.9. The van der Waals surface area contributed by atoms with Crippen LogP contribution in [0.15, 0.2) is 79.0 Å². The van der Waals surface area contributed by atoms with Crippen molar-refractivity contribution >= 4 is 34.1 Å². The zero-order valence-corrected chi connectivity index (χ0v) is 18.0. The van der Waals surface area contributed by atoms with Gasteiger partial charge < -0.3 is 10.1 Å². The quantitative estimate of drug-likeness (QED) is 0.277. The highest BCUT2D eigenvalue weighted by Crippen LogP contribution is 2.33. The van der Waals surface area contributed by atoms with Crippen LogP contribution in [-0.4, -0.2) is 20.2 Å². The van der Waals surface area contributed by atoms with Crippen molar-refractivity contribution in [2.45, 2.75) is 6.18 Å². The van der Waals surface area contributed by atoms with Crippen LogP contribution in [0.25, 0.3) is 22.3 Å². The lowest BCUT2D eigenvalue weighted by molar-refractivity contribution is -0.137. The third kappa shape index (κ3) is 4.65. The minimum atomic E-state index is -4.44. The highest BCUT2D eigenvalue weighted by atomic mass is 35.5. The molecule has 0 spiro atoms. The van der Waals surface area contributed by atoms with E-state index in [0.29, 0.717) is 33.4 Å². The summed E-state index contributed by atoms with van der Waals surface area (Å²) in [5.74, 6) is 1.73. The van der Waals surface area contributed by atoms with Crippen LogP contribution in [0.2, 0.25) is 5.02 Å². The number of pyridine rings is 1. The van der Waals surface area contributed by atoms with Crippen LogP contribution in [0.4, 0.5) is 24.8 Å². The molecular weight excluding hydrogens is 467 g/mol. The average molecular weight is 482 g/mol. The van der Waals surface area contributed by atoms with Gasteiger partial charge in [0.2, 0.25) is 5.95 Å². The topological polar surface area (TPSA) is 75.7 Å². The van der Waals surface area contributed by atoms with Gasteiger partial charge in [-0.05, 0) is 54.6 Å². The standard InChI is InChI=1S/C24H15ClF3N5O/c25-16-7-8-19-20(13-16)29-10-9-21(19)34-18-6-1-3-14(11-18)22-31-23(33-32-22)30-17-5-2-4-15(12-17)24(26,27)28/h1-13H,(H2,30,31,32,33). The van der Waals surface area contributed by atoms with Crippen molar-refractivity contribution in [1.29, 1.82) is 0 Å². The van der Waals surface area contributed by atoms with Gasteiger partial charge in [-0.2, -0.15) is 18.2 Å². The summed E-state index contributed by atoms with van der Waals surface area (Å²) in [6.45, 7) is 0. The molecule has 6 nitrogen and oxygen atoms in total. The fraction of sp³-hybridized carbons (Fsp3) is 0.0417. The first-order chi connectivity index (χ1) is 16.3. The summed E-state index contributed by atoms with van der Waals surface area (Å²) in [6.07, 6.45) is -2.80. The van der Waals surface area contributed by atoms with Gasteiger partial charge in [0.05, 0.1) is 11.1 Å². The van der Waals surface area contributed by atoms with E-state index in [4.69, 9.17) is 16.3 Å². The van der Waals surface area contributed by atoms with Gasteiger partial charge in [0.1, 0.15) is 11.5 Å². The third-order valence-corrected chi connectivity index (χ3v) is 5.17. The molecule has 0 fully saturated rings. The van der Waals surface area contributed by atoms with E-state index in [0.717, 1.165) is 17.5 Å². The Balaban J connectivity index is 1.37. The summed E-state index contributed by atoms with van der Waals surface area (Å²) in [6, 6.07) is 19.1.